The topological polar surface area (TPSA) is 37.0 Å². The summed E-state index contributed by atoms with van der Waals surface area (Å²) in [5.74, 6) is -1.15. The zero-order chi connectivity index (χ0) is 10.7. The van der Waals surface area contributed by atoms with Gasteiger partial charge >= 0.3 is 5.97 Å². The Bertz CT molecular complexity index is 469. The number of hydrogen-bond donors (Lipinski definition) is 0. The molecule has 0 saturated carbocycles. The molecule has 2 aliphatic rings. The lowest BCUT2D eigenvalue weighted by Crippen LogP contribution is -1.95. The largest absolute Gasteiger partial charge is 0.386 e. The quantitative estimate of drug-likeness (QED) is 0.636. The van der Waals surface area contributed by atoms with Gasteiger partial charge < -0.3 is 0 Å². The molecule has 2 aliphatic carbocycles. The standard InChI is InChI=1S/C13H9O2/c14-13(15)12-8-4-7-10-5-2-1-3-6-11(10)9-12/h1-9H. The maximum absolute atomic E-state index is 10.8. The van der Waals surface area contributed by atoms with Crippen LogP contribution >= 0.6 is 0 Å². The van der Waals surface area contributed by atoms with Crippen LogP contribution in [0.4, 0.5) is 0 Å². The average Bonchev–Trinajstić information content (AvgIpc) is 2.50. The first kappa shape index (κ1) is 9.46. The number of carbonyl (C=O) groups is 1. The Hall–Kier alpha value is -2.09. The Balaban J connectivity index is 2.48. The van der Waals surface area contributed by atoms with Gasteiger partial charge in [-0.25, -0.2) is 9.90 Å². The summed E-state index contributed by atoms with van der Waals surface area (Å²) in [6.45, 7) is 0. The van der Waals surface area contributed by atoms with Gasteiger partial charge in [0.1, 0.15) is 0 Å². The van der Waals surface area contributed by atoms with Crippen molar-refractivity contribution in [1.82, 2.24) is 0 Å². The van der Waals surface area contributed by atoms with E-state index in [1.54, 1.807) is 12.2 Å². The molecule has 1 radical (unpaired) electrons. The summed E-state index contributed by atoms with van der Waals surface area (Å²) in [5.41, 5.74) is 2.06. The Morgan fingerprint density at radius 3 is 2.47 bits per heavy atom. The number of hydrogen-bond acceptors (Lipinski definition) is 1. The molecule has 0 heterocycles. The van der Waals surface area contributed by atoms with E-state index in [1.807, 2.05) is 36.5 Å². The molecule has 2 nitrogen and oxygen atoms in total. The molecule has 0 aromatic heterocycles. The van der Waals surface area contributed by atoms with Crippen LogP contribution in [0.2, 0.25) is 0 Å². The molecule has 0 spiro atoms. The molecule has 0 N–H and O–H groups in total. The first-order valence-electron chi connectivity index (χ1n) is 4.64. The third-order valence-corrected chi connectivity index (χ3v) is 2.21. The molecule has 2 rings (SSSR count). The molecular formula is C13H9O2. The van der Waals surface area contributed by atoms with Gasteiger partial charge in [-0.3, -0.25) is 0 Å². The van der Waals surface area contributed by atoms with Crippen molar-refractivity contribution in [3.8, 4) is 0 Å². The van der Waals surface area contributed by atoms with E-state index in [0.717, 1.165) is 11.1 Å². The van der Waals surface area contributed by atoms with Crippen molar-refractivity contribution >= 4 is 5.97 Å². The summed E-state index contributed by atoms with van der Waals surface area (Å²) < 4.78 is 0. The molecular weight excluding hydrogens is 188 g/mol. The Morgan fingerprint density at radius 2 is 1.67 bits per heavy atom. The number of allylic oxidation sites excluding steroid dienone is 10. The van der Waals surface area contributed by atoms with Gasteiger partial charge in [0.15, 0.2) is 0 Å². The normalized spacial score (nSPS) is 18.3. The minimum atomic E-state index is -1.15. The Morgan fingerprint density at radius 1 is 0.867 bits per heavy atom. The monoisotopic (exact) mass is 197 g/mol. The third-order valence-electron chi connectivity index (χ3n) is 2.21. The van der Waals surface area contributed by atoms with Crippen LogP contribution in [0.3, 0.4) is 0 Å². The van der Waals surface area contributed by atoms with Crippen LogP contribution in [0.5, 0.6) is 0 Å². The molecule has 0 fully saturated rings. The van der Waals surface area contributed by atoms with Gasteiger partial charge in [0.05, 0.1) is 5.57 Å². The number of rotatable bonds is 1. The van der Waals surface area contributed by atoms with Gasteiger partial charge in [-0.2, -0.15) is 0 Å². The van der Waals surface area contributed by atoms with Gasteiger partial charge in [-0.15, -0.1) is 0 Å². The molecule has 0 aliphatic heterocycles. The second-order valence-electron chi connectivity index (χ2n) is 3.23. The van der Waals surface area contributed by atoms with Gasteiger partial charge in [-0.1, -0.05) is 42.5 Å². The third kappa shape index (κ3) is 2.05. The van der Waals surface area contributed by atoms with Crippen LogP contribution in [0, 0.1) is 0 Å². The van der Waals surface area contributed by atoms with Crippen LogP contribution in [-0.4, -0.2) is 5.97 Å². The Kier molecular flexibility index (Phi) is 2.50. The fraction of sp³-hybridized carbons (Fsp3) is 0. The summed E-state index contributed by atoms with van der Waals surface area (Å²) in [7, 11) is 0. The van der Waals surface area contributed by atoms with Crippen LogP contribution in [-0.2, 0) is 9.90 Å². The smallest absolute Gasteiger partial charge is 0.242 e. The maximum Gasteiger partial charge on any atom is 0.386 e. The molecule has 2 heteroatoms. The maximum atomic E-state index is 10.8. The zero-order valence-electron chi connectivity index (χ0n) is 8.01. The molecule has 0 bridgehead atoms. The van der Waals surface area contributed by atoms with E-state index < -0.39 is 5.97 Å². The van der Waals surface area contributed by atoms with Crippen molar-refractivity contribution in [3.63, 3.8) is 0 Å². The summed E-state index contributed by atoms with van der Waals surface area (Å²) in [4.78, 5) is 10.8. The lowest BCUT2D eigenvalue weighted by molar-refractivity contribution is -0.138. The van der Waals surface area contributed by atoms with E-state index in [0.29, 0.717) is 0 Å². The number of fused-ring (bicyclic) bond motifs is 1. The first-order chi connectivity index (χ1) is 7.27. The zero-order valence-corrected chi connectivity index (χ0v) is 8.01. The molecule has 0 amide bonds. The lowest BCUT2D eigenvalue weighted by Gasteiger charge is -1.99. The van der Waals surface area contributed by atoms with Crippen LogP contribution in [0.1, 0.15) is 0 Å². The average molecular weight is 197 g/mol. The van der Waals surface area contributed by atoms with Crippen molar-refractivity contribution in [2.75, 3.05) is 0 Å². The highest BCUT2D eigenvalue weighted by Gasteiger charge is 2.10. The molecule has 0 atom stereocenters. The van der Waals surface area contributed by atoms with Crippen molar-refractivity contribution in [2.24, 2.45) is 0 Å². The SMILES string of the molecule is [O]C(=O)C1=CC2=CC=CC=CC2=CC=C1. The van der Waals surface area contributed by atoms with Gasteiger partial charge in [0, 0.05) is 0 Å². The highest BCUT2D eigenvalue weighted by atomic mass is 16.4. The Labute approximate surface area is 87.9 Å². The van der Waals surface area contributed by atoms with Crippen LogP contribution in [0.15, 0.2) is 71.4 Å². The van der Waals surface area contributed by atoms with E-state index in [9.17, 15) is 9.90 Å². The second kappa shape index (κ2) is 3.96. The molecule has 0 aromatic rings. The summed E-state index contributed by atoms with van der Waals surface area (Å²) in [6.07, 6.45) is 16.3. The summed E-state index contributed by atoms with van der Waals surface area (Å²) in [5, 5.41) is 10.8. The van der Waals surface area contributed by atoms with Crippen molar-refractivity contribution in [3.05, 3.63) is 71.4 Å². The lowest BCUT2D eigenvalue weighted by atomic mass is 10.0. The number of carbonyl (C=O) groups excluding carboxylic acids is 1. The van der Waals surface area contributed by atoms with E-state index >= 15 is 0 Å². The molecule has 0 saturated heterocycles. The van der Waals surface area contributed by atoms with Gasteiger partial charge in [0.25, 0.3) is 0 Å². The van der Waals surface area contributed by atoms with Crippen LogP contribution < -0.4 is 0 Å². The van der Waals surface area contributed by atoms with E-state index in [2.05, 4.69) is 0 Å². The predicted molar refractivity (Wildman–Crippen MR) is 57.4 cm³/mol. The van der Waals surface area contributed by atoms with Crippen molar-refractivity contribution in [1.29, 1.82) is 0 Å². The molecule has 15 heavy (non-hydrogen) atoms. The van der Waals surface area contributed by atoms with Gasteiger partial charge in [-0.05, 0) is 23.3 Å². The predicted octanol–water partition coefficient (Wildman–Crippen LogP) is 2.42. The summed E-state index contributed by atoms with van der Waals surface area (Å²) >= 11 is 0. The molecule has 0 aromatic carbocycles. The van der Waals surface area contributed by atoms with E-state index in [1.165, 1.54) is 6.08 Å². The highest BCUT2D eigenvalue weighted by molar-refractivity contribution is 5.91. The fourth-order valence-corrected chi connectivity index (χ4v) is 1.46. The van der Waals surface area contributed by atoms with E-state index in [4.69, 9.17) is 0 Å². The highest BCUT2D eigenvalue weighted by Crippen LogP contribution is 2.21. The first-order valence-corrected chi connectivity index (χ1v) is 4.64. The van der Waals surface area contributed by atoms with E-state index in [-0.39, 0.29) is 5.57 Å². The van der Waals surface area contributed by atoms with Gasteiger partial charge in [0.2, 0.25) is 0 Å². The fourth-order valence-electron chi connectivity index (χ4n) is 1.46. The van der Waals surface area contributed by atoms with Crippen molar-refractivity contribution in [2.45, 2.75) is 0 Å². The van der Waals surface area contributed by atoms with Crippen LogP contribution in [0.25, 0.3) is 0 Å². The summed E-state index contributed by atoms with van der Waals surface area (Å²) in [6, 6.07) is 0. The minimum absolute atomic E-state index is 0.191. The molecule has 73 valence electrons. The minimum Gasteiger partial charge on any atom is -0.242 e. The molecule has 0 unspecified atom stereocenters. The second-order valence-corrected chi connectivity index (χ2v) is 3.23. The van der Waals surface area contributed by atoms with Crippen molar-refractivity contribution < 1.29 is 9.90 Å².